The smallest absolute Gasteiger partial charge is 0.331 e. The van der Waals surface area contributed by atoms with Crippen molar-refractivity contribution in [2.45, 2.75) is 52.7 Å². The second kappa shape index (κ2) is 5.21. The first-order valence-corrected chi connectivity index (χ1v) is 6.75. The third-order valence-electron chi connectivity index (χ3n) is 2.25. The Bertz CT molecular complexity index is 294. The molecule has 0 saturated heterocycles. The highest BCUT2D eigenvalue weighted by molar-refractivity contribution is 8.13. The Labute approximate surface area is 102 Å². The van der Waals surface area contributed by atoms with Crippen LogP contribution in [-0.2, 0) is 9.53 Å². The topological polar surface area (TPSA) is 38.7 Å². The van der Waals surface area contributed by atoms with Crippen molar-refractivity contribution >= 4 is 22.8 Å². The van der Waals surface area contributed by atoms with E-state index in [0.29, 0.717) is 5.92 Å². The molecule has 0 N–H and O–H groups in total. The Morgan fingerprint density at radius 2 is 2.19 bits per heavy atom. The maximum atomic E-state index is 11.8. The number of ether oxygens (including phenoxy) is 1. The number of esters is 1. The molecule has 4 heteroatoms. The average Bonchev–Trinajstić information content (AvgIpc) is 2.46. The van der Waals surface area contributed by atoms with Crippen molar-refractivity contribution in [1.29, 1.82) is 0 Å². The van der Waals surface area contributed by atoms with Crippen molar-refractivity contribution in [3.63, 3.8) is 0 Å². The molecule has 1 aliphatic rings. The second-order valence-corrected chi connectivity index (χ2v) is 6.37. The number of hydrogen-bond acceptors (Lipinski definition) is 4. The summed E-state index contributed by atoms with van der Waals surface area (Å²) in [5.74, 6) is 1.21. The lowest BCUT2D eigenvalue weighted by Gasteiger charge is -2.21. The van der Waals surface area contributed by atoms with Crippen LogP contribution in [0.1, 0.15) is 41.0 Å². The van der Waals surface area contributed by atoms with Gasteiger partial charge in [-0.1, -0.05) is 13.8 Å². The number of aliphatic imine (C=N–C) groups is 1. The van der Waals surface area contributed by atoms with Gasteiger partial charge in [0.25, 0.3) is 0 Å². The lowest BCUT2D eigenvalue weighted by atomic mass is 10.1. The molecular weight excluding hydrogens is 222 g/mol. The zero-order valence-electron chi connectivity index (χ0n) is 10.7. The molecule has 0 aromatic rings. The standard InChI is InChI=1S/C12H21NO2S/c1-6-16-10-8(2)7-9(13-10)11(14)15-12(3,4)5/h8-9H,6-7H2,1-5H3/t8-,9-/m1/s1. The molecule has 0 saturated carbocycles. The molecule has 1 rings (SSSR count). The van der Waals surface area contributed by atoms with Crippen LogP contribution >= 0.6 is 11.8 Å². The van der Waals surface area contributed by atoms with E-state index in [1.54, 1.807) is 11.8 Å². The van der Waals surface area contributed by atoms with Gasteiger partial charge in [0.2, 0.25) is 0 Å². The zero-order valence-corrected chi connectivity index (χ0v) is 11.6. The molecule has 0 fully saturated rings. The van der Waals surface area contributed by atoms with Gasteiger partial charge in [-0.05, 0) is 32.9 Å². The van der Waals surface area contributed by atoms with Gasteiger partial charge in [-0.15, -0.1) is 11.8 Å². The summed E-state index contributed by atoms with van der Waals surface area (Å²) in [6.07, 6.45) is 0.789. The van der Waals surface area contributed by atoms with Gasteiger partial charge in [0.15, 0.2) is 0 Å². The molecule has 3 nitrogen and oxygen atoms in total. The van der Waals surface area contributed by atoms with E-state index in [1.807, 2.05) is 20.8 Å². The molecule has 0 bridgehead atoms. The van der Waals surface area contributed by atoms with Crippen LogP contribution in [0.3, 0.4) is 0 Å². The number of hydrogen-bond donors (Lipinski definition) is 0. The minimum atomic E-state index is -0.420. The predicted molar refractivity (Wildman–Crippen MR) is 69.0 cm³/mol. The van der Waals surface area contributed by atoms with E-state index in [2.05, 4.69) is 18.8 Å². The Morgan fingerprint density at radius 3 is 2.69 bits per heavy atom. The summed E-state index contributed by atoms with van der Waals surface area (Å²) >= 11 is 1.73. The van der Waals surface area contributed by atoms with E-state index >= 15 is 0 Å². The highest BCUT2D eigenvalue weighted by Crippen LogP contribution is 2.28. The number of carbonyl (C=O) groups excluding carboxylic acids is 1. The van der Waals surface area contributed by atoms with E-state index in [9.17, 15) is 4.79 Å². The van der Waals surface area contributed by atoms with E-state index in [1.165, 1.54) is 0 Å². The maximum absolute atomic E-state index is 11.8. The largest absolute Gasteiger partial charge is 0.458 e. The van der Waals surface area contributed by atoms with Crippen LogP contribution in [0.5, 0.6) is 0 Å². The van der Waals surface area contributed by atoms with Crippen LogP contribution in [0, 0.1) is 5.92 Å². The van der Waals surface area contributed by atoms with Gasteiger partial charge < -0.3 is 4.74 Å². The van der Waals surface area contributed by atoms with Crippen LogP contribution in [0.2, 0.25) is 0 Å². The molecule has 1 aliphatic heterocycles. The van der Waals surface area contributed by atoms with Crippen LogP contribution in [0.15, 0.2) is 4.99 Å². The van der Waals surface area contributed by atoms with E-state index in [0.717, 1.165) is 17.2 Å². The fourth-order valence-corrected chi connectivity index (χ4v) is 2.49. The van der Waals surface area contributed by atoms with Crippen LogP contribution in [-0.4, -0.2) is 28.4 Å². The Morgan fingerprint density at radius 1 is 1.56 bits per heavy atom. The molecule has 0 unspecified atom stereocenters. The van der Waals surface area contributed by atoms with Gasteiger partial charge in [-0.25, -0.2) is 4.79 Å². The van der Waals surface area contributed by atoms with Crippen molar-refractivity contribution in [1.82, 2.24) is 0 Å². The summed E-state index contributed by atoms with van der Waals surface area (Å²) < 4.78 is 5.34. The van der Waals surface area contributed by atoms with Gasteiger partial charge in [0.1, 0.15) is 11.6 Å². The Balaban J connectivity index is 2.60. The first kappa shape index (κ1) is 13.6. The molecule has 0 amide bonds. The monoisotopic (exact) mass is 243 g/mol. The van der Waals surface area contributed by atoms with Gasteiger partial charge in [0.05, 0.1) is 5.04 Å². The van der Waals surface area contributed by atoms with E-state index < -0.39 is 5.60 Å². The van der Waals surface area contributed by atoms with Gasteiger partial charge in [-0.2, -0.15) is 0 Å². The van der Waals surface area contributed by atoms with Crippen molar-refractivity contribution in [3.8, 4) is 0 Å². The highest BCUT2D eigenvalue weighted by Gasteiger charge is 2.32. The predicted octanol–water partition coefficient (Wildman–Crippen LogP) is 2.89. The molecule has 0 aromatic heterocycles. The molecule has 1 heterocycles. The summed E-state index contributed by atoms with van der Waals surface area (Å²) in [6.45, 7) is 9.87. The quantitative estimate of drug-likeness (QED) is 0.700. The first-order valence-electron chi connectivity index (χ1n) is 5.77. The van der Waals surface area contributed by atoms with Gasteiger partial charge >= 0.3 is 5.97 Å². The van der Waals surface area contributed by atoms with Crippen LogP contribution in [0.4, 0.5) is 0 Å². The van der Waals surface area contributed by atoms with E-state index in [4.69, 9.17) is 4.74 Å². The molecule has 0 aromatic carbocycles. The average molecular weight is 243 g/mol. The lowest BCUT2D eigenvalue weighted by Crippen LogP contribution is -2.30. The van der Waals surface area contributed by atoms with Crippen molar-refractivity contribution in [2.24, 2.45) is 10.9 Å². The van der Waals surface area contributed by atoms with Crippen molar-refractivity contribution < 1.29 is 9.53 Å². The first-order chi connectivity index (χ1) is 7.33. The molecule has 2 atom stereocenters. The fourth-order valence-electron chi connectivity index (χ4n) is 1.62. The second-order valence-electron chi connectivity index (χ2n) is 5.09. The minimum absolute atomic E-state index is 0.189. The fraction of sp³-hybridized carbons (Fsp3) is 0.833. The number of thioether (sulfide) groups is 1. The Hall–Kier alpha value is -0.510. The third kappa shape index (κ3) is 3.81. The summed E-state index contributed by atoms with van der Waals surface area (Å²) in [6, 6.07) is -0.289. The van der Waals surface area contributed by atoms with Gasteiger partial charge in [-0.3, -0.25) is 4.99 Å². The molecular formula is C12H21NO2S. The molecule has 0 aliphatic carbocycles. The number of nitrogens with zero attached hydrogens (tertiary/aromatic N) is 1. The SMILES string of the molecule is CCSC1=N[C@@H](C(=O)OC(C)(C)C)C[C@H]1C. The van der Waals surface area contributed by atoms with E-state index in [-0.39, 0.29) is 12.0 Å². The number of carbonyl (C=O) groups is 1. The van der Waals surface area contributed by atoms with Crippen LogP contribution < -0.4 is 0 Å². The summed E-state index contributed by atoms with van der Waals surface area (Å²) in [4.78, 5) is 16.3. The summed E-state index contributed by atoms with van der Waals surface area (Å²) in [5.41, 5.74) is -0.420. The lowest BCUT2D eigenvalue weighted by molar-refractivity contribution is -0.156. The van der Waals surface area contributed by atoms with Crippen molar-refractivity contribution in [3.05, 3.63) is 0 Å². The van der Waals surface area contributed by atoms with Crippen LogP contribution in [0.25, 0.3) is 0 Å². The Kier molecular flexibility index (Phi) is 4.42. The summed E-state index contributed by atoms with van der Waals surface area (Å²) in [7, 11) is 0. The van der Waals surface area contributed by atoms with Gasteiger partial charge in [0, 0.05) is 5.92 Å². The molecule has 0 radical (unpaired) electrons. The maximum Gasteiger partial charge on any atom is 0.331 e. The molecule has 92 valence electrons. The minimum Gasteiger partial charge on any atom is -0.458 e. The van der Waals surface area contributed by atoms with Crippen molar-refractivity contribution in [2.75, 3.05) is 5.75 Å². The highest BCUT2D eigenvalue weighted by atomic mass is 32.2. The third-order valence-corrected chi connectivity index (χ3v) is 3.34. The normalized spacial score (nSPS) is 25.4. The number of rotatable bonds is 2. The molecule has 16 heavy (non-hydrogen) atoms. The summed E-state index contributed by atoms with van der Waals surface area (Å²) in [5, 5.41) is 1.10. The zero-order chi connectivity index (χ0) is 12.3. The molecule has 0 spiro atoms.